The molecule has 3 aromatic carbocycles. The number of carbonyl (C=O) groups is 2. The maximum Gasteiger partial charge on any atom is 0.273 e. The molecule has 0 aliphatic heterocycles. The highest BCUT2D eigenvalue weighted by Crippen LogP contribution is 2.39. The number of methoxy groups -OCH3 is 3. The lowest BCUT2D eigenvalue weighted by Gasteiger charge is -2.15. The summed E-state index contributed by atoms with van der Waals surface area (Å²) in [6.45, 7) is 0.386. The molecular weight excluding hydrogens is 464 g/mol. The number of carbonyl (C=O) groups excluding carboxylic acids is 2. The molecule has 11 nitrogen and oxygen atoms in total. The minimum Gasteiger partial charge on any atom is -0.493 e. The summed E-state index contributed by atoms with van der Waals surface area (Å²) in [5.74, 6) is 0.335. The summed E-state index contributed by atoms with van der Waals surface area (Å²) in [7, 11) is 4.33. The smallest absolute Gasteiger partial charge is 0.273 e. The fraction of sp³-hybridized carbons (Fsp3) is 0.160. The molecule has 11 heteroatoms. The summed E-state index contributed by atoms with van der Waals surface area (Å²) in [5, 5.41) is 12.6. The van der Waals surface area contributed by atoms with E-state index in [1.807, 2.05) is 30.3 Å². The minimum atomic E-state index is -0.579. The molecule has 0 atom stereocenters. The molecule has 0 spiro atoms. The van der Waals surface area contributed by atoms with E-state index in [0.717, 1.165) is 11.1 Å². The van der Waals surface area contributed by atoms with Gasteiger partial charge in [-0.05, 0) is 35.0 Å². The normalized spacial score (nSPS) is 10.4. The SMILES string of the molecule is COc1ccc(C(=O)NNC(=O)c2ccc(Cn3nnc(-c4ccccc4)n3)cc2)c(OC)c1OC. The Morgan fingerprint density at radius 2 is 1.50 bits per heavy atom. The number of hydrogen-bond donors (Lipinski definition) is 2. The minimum absolute atomic E-state index is 0.168. The highest BCUT2D eigenvalue weighted by Gasteiger charge is 2.21. The highest BCUT2D eigenvalue weighted by molar-refractivity contribution is 6.01. The number of hydrazine groups is 1. The van der Waals surface area contributed by atoms with E-state index in [1.54, 1.807) is 30.3 Å². The monoisotopic (exact) mass is 488 g/mol. The summed E-state index contributed by atoms with van der Waals surface area (Å²) >= 11 is 0. The average molecular weight is 489 g/mol. The van der Waals surface area contributed by atoms with Gasteiger partial charge in [0.25, 0.3) is 11.8 Å². The molecule has 0 aliphatic carbocycles. The second-order valence-corrected chi connectivity index (χ2v) is 7.50. The van der Waals surface area contributed by atoms with Gasteiger partial charge >= 0.3 is 0 Å². The van der Waals surface area contributed by atoms with Gasteiger partial charge in [0.15, 0.2) is 11.5 Å². The van der Waals surface area contributed by atoms with Crippen LogP contribution in [0.2, 0.25) is 0 Å². The number of nitrogens with zero attached hydrogens (tertiary/aromatic N) is 4. The molecule has 0 aliphatic rings. The molecule has 36 heavy (non-hydrogen) atoms. The van der Waals surface area contributed by atoms with Gasteiger partial charge in [0.2, 0.25) is 11.6 Å². The van der Waals surface area contributed by atoms with Crippen molar-refractivity contribution < 1.29 is 23.8 Å². The number of ether oxygens (including phenoxy) is 3. The summed E-state index contributed by atoms with van der Waals surface area (Å²) < 4.78 is 15.8. The van der Waals surface area contributed by atoms with Crippen molar-refractivity contribution in [2.24, 2.45) is 0 Å². The van der Waals surface area contributed by atoms with E-state index < -0.39 is 11.8 Å². The molecule has 184 valence electrons. The Kier molecular flexibility index (Phi) is 7.39. The van der Waals surface area contributed by atoms with Gasteiger partial charge in [-0.3, -0.25) is 20.4 Å². The number of aromatic nitrogens is 4. The molecule has 2 N–H and O–H groups in total. The summed E-state index contributed by atoms with van der Waals surface area (Å²) in [6.07, 6.45) is 0. The predicted octanol–water partition coefficient (Wildman–Crippen LogP) is 2.49. The van der Waals surface area contributed by atoms with Crippen molar-refractivity contribution >= 4 is 11.8 Å². The van der Waals surface area contributed by atoms with Crippen molar-refractivity contribution in [2.45, 2.75) is 6.54 Å². The molecule has 0 unspecified atom stereocenters. The maximum atomic E-state index is 12.7. The van der Waals surface area contributed by atoms with Gasteiger partial charge in [0.1, 0.15) is 0 Å². The molecule has 0 saturated carbocycles. The van der Waals surface area contributed by atoms with Crippen LogP contribution in [0.25, 0.3) is 11.4 Å². The molecule has 1 heterocycles. The molecule has 2 amide bonds. The van der Waals surface area contributed by atoms with Crippen molar-refractivity contribution in [2.75, 3.05) is 21.3 Å². The predicted molar refractivity (Wildman–Crippen MR) is 130 cm³/mol. The summed E-state index contributed by atoms with van der Waals surface area (Å²) in [4.78, 5) is 26.7. The third kappa shape index (κ3) is 5.25. The van der Waals surface area contributed by atoms with Crippen LogP contribution in [0, 0.1) is 0 Å². The average Bonchev–Trinajstić information content (AvgIpc) is 3.39. The van der Waals surface area contributed by atoms with Crippen LogP contribution in [-0.4, -0.2) is 53.4 Å². The van der Waals surface area contributed by atoms with Crippen LogP contribution < -0.4 is 25.1 Å². The van der Waals surface area contributed by atoms with Gasteiger partial charge < -0.3 is 14.2 Å². The second-order valence-electron chi connectivity index (χ2n) is 7.50. The maximum absolute atomic E-state index is 12.7. The van der Waals surface area contributed by atoms with Crippen molar-refractivity contribution in [3.05, 3.63) is 83.4 Å². The number of benzene rings is 3. The molecule has 4 rings (SSSR count). The fourth-order valence-electron chi connectivity index (χ4n) is 3.47. The molecule has 0 bridgehead atoms. The zero-order valence-corrected chi connectivity index (χ0v) is 19.9. The van der Waals surface area contributed by atoms with E-state index in [0.29, 0.717) is 23.7 Å². The zero-order chi connectivity index (χ0) is 25.5. The van der Waals surface area contributed by atoms with Crippen molar-refractivity contribution in [1.29, 1.82) is 0 Å². The van der Waals surface area contributed by atoms with E-state index in [-0.39, 0.29) is 17.1 Å². The first kappa shape index (κ1) is 24.2. The van der Waals surface area contributed by atoms with Crippen LogP contribution in [-0.2, 0) is 6.54 Å². The van der Waals surface area contributed by atoms with Gasteiger partial charge in [-0.15, -0.1) is 10.2 Å². The van der Waals surface area contributed by atoms with Gasteiger partial charge in [-0.2, -0.15) is 4.80 Å². The van der Waals surface area contributed by atoms with Crippen LogP contribution >= 0.6 is 0 Å². The quantitative estimate of drug-likeness (QED) is 0.362. The Morgan fingerprint density at radius 3 is 2.17 bits per heavy atom. The van der Waals surface area contributed by atoms with Gasteiger partial charge in [0, 0.05) is 11.1 Å². The van der Waals surface area contributed by atoms with Gasteiger partial charge in [-0.1, -0.05) is 42.5 Å². The number of tetrazole rings is 1. The molecular formula is C25H24N6O5. The lowest BCUT2D eigenvalue weighted by molar-refractivity contribution is 0.0844. The standard InChI is InChI=1S/C25H24N6O5/c1-34-20-14-13-19(21(35-2)22(20)36-3)25(33)28-27-24(32)18-11-9-16(10-12-18)15-31-29-23(26-30-31)17-7-5-4-6-8-17/h4-14H,15H2,1-3H3,(H,27,32)(H,28,33). The van der Waals surface area contributed by atoms with Crippen LogP contribution in [0.15, 0.2) is 66.7 Å². The summed E-state index contributed by atoms with van der Waals surface area (Å²) in [5.41, 5.74) is 7.07. The van der Waals surface area contributed by atoms with Gasteiger partial charge in [-0.25, -0.2) is 0 Å². The number of rotatable bonds is 8. The second kappa shape index (κ2) is 11.0. The molecule has 4 aromatic rings. The van der Waals surface area contributed by atoms with Crippen LogP contribution in [0.4, 0.5) is 0 Å². The molecule has 0 fully saturated rings. The third-order valence-corrected chi connectivity index (χ3v) is 5.26. The Morgan fingerprint density at radius 1 is 0.806 bits per heavy atom. The molecule has 0 saturated heterocycles. The molecule has 0 radical (unpaired) electrons. The Hall–Kier alpha value is -4.93. The Bertz CT molecular complexity index is 1360. The highest BCUT2D eigenvalue weighted by atomic mass is 16.5. The third-order valence-electron chi connectivity index (χ3n) is 5.26. The fourth-order valence-corrected chi connectivity index (χ4v) is 3.47. The summed E-state index contributed by atoms with van der Waals surface area (Å²) in [6, 6.07) is 19.5. The van der Waals surface area contributed by atoms with Gasteiger partial charge in [0.05, 0.1) is 33.4 Å². The van der Waals surface area contributed by atoms with Crippen LogP contribution in [0.3, 0.4) is 0 Å². The van der Waals surface area contributed by atoms with E-state index >= 15 is 0 Å². The van der Waals surface area contributed by atoms with Crippen LogP contribution in [0.1, 0.15) is 26.3 Å². The Labute approximate surface area is 207 Å². The van der Waals surface area contributed by atoms with E-state index in [2.05, 4.69) is 26.3 Å². The number of nitrogens with one attached hydrogen (secondary N) is 2. The lowest BCUT2D eigenvalue weighted by atomic mass is 10.1. The first-order valence-electron chi connectivity index (χ1n) is 10.9. The van der Waals surface area contributed by atoms with Crippen molar-refractivity contribution in [3.8, 4) is 28.6 Å². The Balaban J connectivity index is 1.37. The first-order valence-corrected chi connectivity index (χ1v) is 10.9. The van der Waals surface area contributed by atoms with Crippen LogP contribution in [0.5, 0.6) is 17.2 Å². The van der Waals surface area contributed by atoms with E-state index in [9.17, 15) is 9.59 Å². The largest absolute Gasteiger partial charge is 0.493 e. The zero-order valence-electron chi connectivity index (χ0n) is 19.9. The topological polar surface area (TPSA) is 129 Å². The van der Waals surface area contributed by atoms with Crippen molar-refractivity contribution in [1.82, 2.24) is 31.1 Å². The number of hydrogen-bond acceptors (Lipinski definition) is 8. The first-order chi connectivity index (χ1) is 17.5. The van der Waals surface area contributed by atoms with E-state index in [4.69, 9.17) is 14.2 Å². The lowest BCUT2D eigenvalue weighted by Crippen LogP contribution is -2.41. The van der Waals surface area contributed by atoms with Crippen molar-refractivity contribution in [3.63, 3.8) is 0 Å². The molecule has 1 aromatic heterocycles. The number of amides is 2. The van der Waals surface area contributed by atoms with E-state index in [1.165, 1.54) is 32.2 Å².